The summed E-state index contributed by atoms with van der Waals surface area (Å²) < 4.78 is 41.8. The molecule has 8 heteroatoms. The molecule has 0 atom stereocenters. The van der Waals surface area contributed by atoms with Crippen LogP contribution in [0.3, 0.4) is 0 Å². The molecule has 0 aliphatic carbocycles. The second-order valence-corrected chi connectivity index (χ2v) is 4.50. The Labute approximate surface area is 103 Å². The van der Waals surface area contributed by atoms with E-state index in [2.05, 4.69) is 9.47 Å². The lowest BCUT2D eigenvalue weighted by Gasteiger charge is -2.12. The van der Waals surface area contributed by atoms with Crippen molar-refractivity contribution < 1.29 is 32.0 Å². The van der Waals surface area contributed by atoms with E-state index in [4.69, 9.17) is 0 Å². The lowest BCUT2D eigenvalue weighted by Crippen LogP contribution is -2.12. The summed E-state index contributed by atoms with van der Waals surface area (Å²) in [5, 5.41) is 0. The summed E-state index contributed by atoms with van der Waals surface area (Å²) in [6, 6.07) is 2.95. The van der Waals surface area contributed by atoms with E-state index in [-0.39, 0.29) is 5.56 Å². The Kier molecular flexibility index (Phi) is 4.04. The van der Waals surface area contributed by atoms with E-state index in [1.807, 2.05) is 0 Å². The molecule has 1 rings (SSSR count). The fourth-order valence-corrected chi connectivity index (χ4v) is 1.94. The van der Waals surface area contributed by atoms with Crippen molar-refractivity contribution in [3.8, 4) is 0 Å². The fourth-order valence-electron chi connectivity index (χ4n) is 1.25. The molecule has 18 heavy (non-hydrogen) atoms. The number of rotatable bonds is 3. The highest BCUT2D eigenvalue weighted by Crippen LogP contribution is 2.19. The van der Waals surface area contributed by atoms with Crippen LogP contribution in [0.15, 0.2) is 23.1 Å². The second kappa shape index (κ2) is 5.15. The Bertz CT molecular complexity index is 588. The fraction of sp³-hybridized carbons (Fsp3) is 0.200. The van der Waals surface area contributed by atoms with Crippen molar-refractivity contribution in [3.05, 3.63) is 29.3 Å². The molecule has 0 unspecified atom stereocenters. The highest BCUT2D eigenvalue weighted by Gasteiger charge is 2.19. The predicted molar refractivity (Wildman–Crippen MR) is 57.1 cm³/mol. The molecule has 0 fully saturated rings. The Morgan fingerprint density at radius 2 is 1.67 bits per heavy atom. The van der Waals surface area contributed by atoms with Crippen LogP contribution in [0.1, 0.15) is 20.7 Å². The SMILES string of the molecule is COC(=O)c1ccc(C(=O)OC)c(S(=O)(=O)[O-])c1. The Morgan fingerprint density at radius 1 is 1.11 bits per heavy atom. The van der Waals surface area contributed by atoms with E-state index in [0.717, 1.165) is 32.4 Å². The molecule has 0 aromatic heterocycles. The van der Waals surface area contributed by atoms with Gasteiger partial charge >= 0.3 is 11.9 Å². The van der Waals surface area contributed by atoms with E-state index in [1.54, 1.807) is 0 Å². The van der Waals surface area contributed by atoms with Gasteiger partial charge in [-0.05, 0) is 18.2 Å². The predicted octanol–water partition coefficient (Wildman–Crippen LogP) is 0.164. The van der Waals surface area contributed by atoms with Crippen LogP contribution in [-0.4, -0.2) is 39.1 Å². The van der Waals surface area contributed by atoms with Crippen LogP contribution in [0, 0.1) is 0 Å². The van der Waals surface area contributed by atoms with Crippen LogP contribution in [0.25, 0.3) is 0 Å². The largest absolute Gasteiger partial charge is 0.744 e. The molecule has 0 aliphatic rings. The highest BCUT2D eigenvalue weighted by molar-refractivity contribution is 7.85. The number of carbonyl (C=O) groups is 2. The maximum atomic E-state index is 11.3. The number of ether oxygens (including phenoxy) is 2. The summed E-state index contributed by atoms with van der Waals surface area (Å²) in [6.45, 7) is 0. The van der Waals surface area contributed by atoms with Gasteiger partial charge in [-0.25, -0.2) is 18.0 Å². The second-order valence-electron chi connectivity index (χ2n) is 3.15. The first kappa shape index (κ1) is 14.1. The number of carbonyl (C=O) groups excluding carboxylic acids is 2. The Morgan fingerprint density at radius 3 is 2.11 bits per heavy atom. The Hall–Kier alpha value is -1.93. The third-order valence-electron chi connectivity index (χ3n) is 2.08. The molecule has 1 aromatic rings. The zero-order valence-corrected chi connectivity index (χ0v) is 10.3. The van der Waals surface area contributed by atoms with E-state index >= 15 is 0 Å². The molecular weight excluding hydrogens is 264 g/mol. The van der Waals surface area contributed by atoms with Crippen LogP contribution in [0.4, 0.5) is 0 Å². The molecule has 0 heterocycles. The maximum absolute atomic E-state index is 11.3. The van der Waals surface area contributed by atoms with E-state index < -0.39 is 32.5 Å². The summed E-state index contributed by atoms with van der Waals surface area (Å²) in [6.07, 6.45) is 0. The summed E-state index contributed by atoms with van der Waals surface area (Å²) in [4.78, 5) is 21.7. The van der Waals surface area contributed by atoms with Crippen molar-refractivity contribution in [3.63, 3.8) is 0 Å². The smallest absolute Gasteiger partial charge is 0.339 e. The van der Waals surface area contributed by atoms with Crippen LogP contribution >= 0.6 is 0 Å². The average molecular weight is 273 g/mol. The summed E-state index contributed by atoms with van der Waals surface area (Å²) in [7, 11) is -2.77. The minimum Gasteiger partial charge on any atom is -0.744 e. The third-order valence-corrected chi connectivity index (χ3v) is 2.95. The van der Waals surface area contributed by atoms with Gasteiger partial charge in [-0.3, -0.25) is 0 Å². The van der Waals surface area contributed by atoms with Crippen molar-refractivity contribution >= 4 is 22.1 Å². The summed E-state index contributed by atoms with van der Waals surface area (Å²) >= 11 is 0. The standard InChI is InChI=1S/C10H10O7S/c1-16-9(11)6-3-4-7(10(12)17-2)8(5-6)18(13,14)15/h3-5H,1-2H3,(H,13,14,15)/p-1. The molecule has 0 saturated heterocycles. The van der Waals surface area contributed by atoms with Crippen molar-refractivity contribution in [2.24, 2.45) is 0 Å². The van der Waals surface area contributed by atoms with Gasteiger partial charge in [-0.2, -0.15) is 0 Å². The molecule has 0 bridgehead atoms. The number of hydrogen-bond donors (Lipinski definition) is 0. The molecule has 7 nitrogen and oxygen atoms in total. The van der Waals surface area contributed by atoms with Gasteiger partial charge in [0.15, 0.2) is 0 Å². The molecule has 1 aromatic carbocycles. The summed E-state index contributed by atoms with van der Waals surface area (Å²) in [5.74, 6) is -1.81. The number of benzene rings is 1. The number of methoxy groups -OCH3 is 2. The number of esters is 2. The molecule has 0 amide bonds. The average Bonchev–Trinajstić information content (AvgIpc) is 2.35. The van der Waals surface area contributed by atoms with Gasteiger partial charge in [0.2, 0.25) is 0 Å². The van der Waals surface area contributed by atoms with Crippen LogP contribution in [0.5, 0.6) is 0 Å². The summed E-state index contributed by atoms with van der Waals surface area (Å²) in [5.41, 5.74) is -0.584. The lowest BCUT2D eigenvalue weighted by atomic mass is 10.1. The first-order chi connectivity index (χ1) is 8.31. The van der Waals surface area contributed by atoms with Crippen molar-refractivity contribution in [2.75, 3.05) is 14.2 Å². The molecule has 0 aliphatic heterocycles. The topological polar surface area (TPSA) is 110 Å². The van der Waals surface area contributed by atoms with Crippen LogP contribution in [0.2, 0.25) is 0 Å². The minimum atomic E-state index is -4.91. The zero-order valence-electron chi connectivity index (χ0n) is 9.50. The van der Waals surface area contributed by atoms with Crippen molar-refractivity contribution in [1.82, 2.24) is 0 Å². The third kappa shape index (κ3) is 2.84. The van der Waals surface area contributed by atoms with E-state index in [9.17, 15) is 22.6 Å². The molecular formula is C10H9O7S-. The molecule has 98 valence electrons. The van der Waals surface area contributed by atoms with Gasteiger partial charge in [0, 0.05) is 0 Å². The molecule has 0 N–H and O–H groups in total. The lowest BCUT2D eigenvalue weighted by molar-refractivity contribution is 0.0583. The molecule has 0 spiro atoms. The highest BCUT2D eigenvalue weighted by atomic mass is 32.2. The minimum absolute atomic E-state index is 0.153. The first-order valence-electron chi connectivity index (χ1n) is 4.58. The normalized spacial score (nSPS) is 10.8. The monoisotopic (exact) mass is 273 g/mol. The first-order valence-corrected chi connectivity index (χ1v) is 5.98. The maximum Gasteiger partial charge on any atom is 0.339 e. The van der Waals surface area contributed by atoms with E-state index in [0.29, 0.717) is 0 Å². The van der Waals surface area contributed by atoms with Crippen molar-refractivity contribution in [2.45, 2.75) is 4.90 Å². The van der Waals surface area contributed by atoms with Gasteiger partial charge in [-0.15, -0.1) is 0 Å². The van der Waals surface area contributed by atoms with Gasteiger partial charge in [-0.1, -0.05) is 0 Å². The van der Waals surface area contributed by atoms with Gasteiger partial charge in [0.25, 0.3) is 0 Å². The quantitative estimate of drug-likeness (QED) is 0.570. The van der Waals surface area contributed by atoms with Crippen LogP contribution < -0.4 is 0 Å². The number of hydrogen-bond acceptors (Lipinski definition) is 7. The van der Waals surface area contributed by atoms with Gasteiger partial charge in [0.1, 0.15) is 10.1 Å². The van der Waals surface area contributed by atoms with Crippen LogP contribution in [-0.2, 0) is 19.6 Å². The van der Waals surface area contributed by atoms with E-state index in [1.165, 1.54) is 0 Å². The van der Waals surface area contributed by atoms with Gasteiger partial charge in [0.05, 0.1) is 30.2 Å². The molecule has 0 saturated carbocycles. The van der Waals surface area contributed by atoms with Crippen molar-refractivity contribution in [1.29, 1.82) is 0 Å². The molecule has 0 radical (unpaired) electrons. The van der Waals surface area contributed by atoms with Gasteiger partial charge < -0.3 is 14.0 Å². The Balaban J connectivity index is 3.49. The zero-order chi connectivity index (χ0) is 13.9.